The van der Waals surface area contributed by atoms with Crippen LogP contribution in [-0.2, 0) is 19.1 Å². The predicted molar refractivity (Wildman–Crippen MR) is 127 cm³/mol. The third kappa shape index (κ3) is 5.26. The Morgan fingerprint density at radius 1 is 1.15 bits per heavy atom. The number of amides is 2. The Kier molecular flexibility index (Phi) is 7.56. The molecule has 0 saturated heterocycles. The quantitative estimate of drug-likeness (QED) is 0.499. The average Bonchev–Trinajstić information content (AvgIpc) is 2.79. The molecular weight excluding hydrogens is 438 g/mol. The Bertz CT molecular complexity index is 1140. The molecule has 2 atom stereocenters. The summed E-state index contributed by atoms with van der Waals surface area (Å²) in [4.78, 5) is 37.9. The molecule has 0 unspecified atom stereocenters. The van der Waals surface area contributed by atoms with Crippen molar-refractivity contribution in [2.75, 3.05) is 18.2 Å². The number of carbonyl (C=O) groups excluding carboxylic acids is 3. The first-order valence-electron chi connectivity index (χ1n) is 10.3. The number of allylic oxidation sites excluding steroid dienone is 1. The second-order valence-corrected chi connectivity index (χ2v) is 8.83. The molecule has 0 radical (unpaired) electrons. The summed E-state index contributed by atoms with van der Waals surface area (Å²) in [7, 11) is 1.21. The van der Waals surface area contributed by atoms with E-state index >= 15 is 0 Å². The lowest BCUT2D eigenvalue weighted by Gasteiger charge is -2.30. The van der Waals surface area contributed by atoms with Crippen LogP contribution in [0.3, 0.4) is 0 Å². The van der Waals surface area contributed by atoms with Gasteiger partial charge in [0.15, 0.2) is 0 Å². The van der Waals surface area contributed by atoms with E-state index in [1.807, 2.05) is 39.0 Å². The molecule has 0 aliphatic carbocycles. The maximum absolute atomic E-state index is 12.8. The standard InChI is InChI=1S/C25H25N3O4S/c1-14-10-15(2)22(16(3)11-14)27-19(29)13-33-24-18(12-26)20(17-8-6-5-7-9-17)21(23(30)28-24)25(31)32-4/h5-11,20-21H,13H2,1-4H3,(H,27,29)(H,28,30)/t20-,21+/m1/s1. The minimum atomic E-state index is -1.19. The highest BCUT2D eigenvalue weighted by molar-refractivity contribution is 8.03. The van der Waals surface area contributed by atoms with E-state index in [0.717, 1.165) is 34.1 Å². The fraction of sp³-hybridized carbons (Fsp3) is 0.280. The van der Waals surface area contributed by atoms with Crippen LogP contribution in [0.5, 0.6) is 0 Å². The van der Waals surface area contributed by atoms with E-state index in [4.69, 9.17) is 4.74 Å². The van der Waals surface area contributed by atoms with Crippen LogP contribution in [0, 0.1) is 38.0 Å². The van der Waals surface area contributed by atoms with Crippen molar-refractivity contribution in [3.05, 3.63) is 75.3 Å². The predicted octanol–water partition coefficient (Wildman–Crippen LogP) is 3.72. The molecule has 1 aliphatic rings. The Morgan fingerprint density at radius 3 is 2.36 bits per heavy atom. The summed E-state index contributed by atoms with van der Waals surface area (Å²) in [5, 5.41) is 15.7. The Morgan fingerprint density at radius 2 is 1.79 bits per heavy atom. The highest BCUT2D eigenvalue weighted by Gasteiger charge is 2.44. The zero-order valence-electron chi connectivity index (χ0n) is 18.9. The molecule has 7 nitrogen and oxygen atoms in total. The lowest BCUT2D eigenvalue weighted by molar-refractivity contribution is -0.150. The van der Waals surface area contributed by atoms with Gasteiger partial charge in [-0.05, 0) is 37.5 Å². The molecule has 2 N–H and O–H groups in total. The van der Waals surface area contributed by atoms with E-state index in [1.54, 1.807) is 24.3 Å². The number of methoxy groups -OCH3 is 1. The van der Waals surface area contributed by atoms with Gasteiger partial charge >= 0.3 is 5.97 Å². The number of benzene rings is 2. The monoisotopic (exact) mass is 463 g/mol. The molecule has 2 aromatic rings. The number of carbonyl (C=O) groups is 3. The Labute approximate surface area is 197 Å². The van der Waals surface area contributed by atoms with E-state index in [2.05, 4.69) is 16.7 Å². The summed E-state index contributed by atoms with van der Waals surface area (Å²) in [6.45, 7) is 5.85. The van der Waals surface area contributed by atoms with Gasteiger partial charge in [-0.15, -0.1) is 0 Å². The fourth-order valence-electron chi connectivity index (χ4n) is 4.03. The van der Waals surface area contributed by atoms with E-state index in [0.29, 0.717) is 5.56 Å². The number of anilines is 1. The normalized spacial score (nSPS) is 17.7. The van der Waals surface area contributed by atoms with E-state index in [1.165, 1.54) is 7.11 Å². The number of nitriles is 1. The first-order valence-corrected chi connectivity index (χ1v) is 11.3. The van der Waals surface area contributed by atoms with Crippen LogP contribution in [0.2, 0.25) is 0 Å². The molecule has 0 saturated carbocycles. The van der Waals surface area contributed by atoms with Gasteiger partial charge in [0, 0.05) is 11.6 Å². The molecule has 3 rings (SSSR count). The molecule has 1 heterocycles. The fourth-order valence-corrected chi connectivity index (χ4v) is 4.88. The van der Waals surface area contributed by atoms with Gasteiger partial charge in [-0.25, -0.2) is 0 Å². The number of hydrogen-bond donors (Lipinski definition) is 2. The SMILES string of the molecule is COC(=O)[C@@H]1C(=O)NC(SCC(=O)Nc2c(C)cc(C)cc2C)=C(C#N)[C@H]1c1ccccc1. The van der Waals surface area contributed by atoms with Crippen molar-refractivity contribution < 1.29 is 19.1 Å². The van der Waals surface area contributed by atoms with Crippen molar-refractivity contribution in [2.45, 2.75) is 26.7 Å². The Balaban J connectivity index is 1.88. The number of nitrogens with one attached hydrogen (secondary N) is 2. The van der Waals surface area contributed by atoms with Gasteiger partial charge in [0.2, 0.25) is 11.8 Å². The van der Waals surface area contributed by atoms with Crippen LogP contribution in [0.1, 0.15) is 28.2 Å². The largest absolute Gasteiger partial charge is 0.468 e. The number of hydrogen-bond acceptors (Lipinski definition) is 6. The number of thioether (sulfide) groups is 1. The molecule has 0 bridgehead atoms. The highest BCUT2D eigenvalue weighted by atomic mass is 32.2. The highest BCUT2D eigenvalue weighted by Crippen LogP contribution is 2.40. The average molecular weight is 464 g/mol. The van der Waals surface area contributed by atoms with Crippen LogP contribution in [0.15, 0.2) is 53.1 Å². The van der Waals surface area contributed by atoms with Crippen LogP contribution in [0.25, 0.3) is 0 Å². The number of esters is 1. The molecule has 33 heavy (non-hydrogen) atoms. The van der Waals surface area contributed by atoms with Crippen LogP contribution in [-0.4, -0.2) is 30.6 Å². The van der Waals surface area contributed by atoms with E-state index in [-0.39, 0.29) is 22.3 Å². The molecule has 2 aromatic carbocycles. The van der Waals surface area contributed by atoms with Crippen LogP contribution in [0.4, 0.5) is 5.69 Å². The van der Waals surface area contributed by atoms with Gasteiger partial charge in [-0.1, -0.05) is 59.8 Å². The topological polar surface area (TPSA) is 108 Å². The molecule has 0 fully saturated rings. The zero-order chi connectivity index (χ0) is 24.1. The molecule has 170 valence electrons. The first kappa shape index (κ1) is 24.1. The van der Waals surface area contributed by atoms with Crippen molar-refractivity contribution in [1.82, 2.24) is 5.32 Å². The van der Waals surface area contributed by atoms with Crippen molar-refractivity contribution >= 4 is 35.2 Å². The number of aryl methyl sites for hydroxylation is 3. The summed E-state index contributed by atoms with van der Waals surface area (Å²) in [5.41, 5.74) is 4.64. The lowest BCUT2D eigenvalue weighted by atomic mass is 9.78. The second kappa shape index (κ2) is 10.4. The number of ether oxygens (including phenoxy) is 1. The van der Waals surface area contributed by atoms with Gasteiger partial charge in [0.1, 0.15) is 5.92 Å². The molecular formula is C25H25N3O4S. The maximum Gasteiger partial charge on any atom is 0.319 e. The first-order chi connectivity index (χ1) is 15.8. The van der Waals surface area contributed by atoms with Crippen molar-refractivity contribution in [1.29, 1.82) is 5.26 Å². The molecule has 1 aliphatic heterocycles. The minimum Gasteiger partial charge on any atom is -0.468 e. The maximum atomic E-state index is 12.8. The van der Waals surface area contributed by atoms with Crippen molar-refractivity contribution in [3.63, 3.8) is 0 Å². The van der Waals surface area contributed by atoms with Gasteiger partial charge in [-0.3, -0.25) is 14.4 Å². The lowest BCUT2D eigenvalue weighted by Crippen LogP contribution is -2.44. The molecule has 8 heteroatoms. The van der Waals surface area contributed by atoms with Crippen LogP contribution < -0.4 is 10.6 Å². The van der Waals surface area contributed by atoms with Gasteiger partial charge in [0.05, 0.1) is 29.5 Å². The number of rotatable bonds is 6. The van der Waals surface area contributed by atoms with E-state index in [9.17, 15) is 19.6 Å². The van der Waals surface area contributed by atoms with Crippen LogP contribution >= 0.6 is 11.8 Å². The van der Waals surface area contributed by atoms with Crippen molar-refractivity contribution in [3.8, 4) is 6.07 Å². The smallest absolute Gasteiger partial charge is 0.319 e. The molecule has 0 spiro atoms. The summed E-state index contributed by atoms with van der Waals surface area (Å²) in [6, 6.07) is 15.0. The van der Waals surface area contributed by atoms with Crippen molar-refractivity contribution in [2.24, 2.45) is 5.92 Å². The molecule has 0 aromatic heterocycles. The zero-order valence-corrected chi connectivity index (χ0v) is 19.7. The third-order valence-electron chi connectivity index (χ3n) is 5.43. The minimum absolute atomic E-state index is 0.0159. The van der Waals surface area contributed by atoms with Gasteiger partial charge in [-0.2, -0.15) is 5.26 Å². The third-order valence-corrected chi connectivity index (χ3v) is 6.45. The van der Waals surface area contributed by atoms with Gasteiger partial charge < -0.3 is 15.4 Å². The second-order valence-electron chi connectivity index (χ2n) is 7.84. The summed E-state index contributed by atoms with van der Waals surface area (Å²) in [6.07, 6.45) is 0. The van der Waals surface area contributed by atoms with E-state index < -0.39 is 23.7 Å². The molecule has 2 amide bonds. The summed E-state index contributed by atoms with van der Waals surface area (Å²) >= 11 is 1.06. The Hall–Kier alpha value is -3.57. The summed E-state index contributed by atoms with van der Waals surface area (Å²) in [5.74, 6) is -3.56. The summed E-state index contributed by atoms with van der Waals surface area (Å²) < 4.78 is 4.83. The van der Waals surface area contributed by atoms with Gasteiger partial charge in [0.25, 0.3) is 0 Å². The number of nitrogens with zero attached hydrogens (tertiary/aromatic N) is 1.